The van der Waals surface area contributed by atoms with Gasteiger partial charge in [0.25, 0.3) is 0 Å². The molecule has 0 aliphatic heterocycles. The summed E-state index contributed by atoms with van der Waals surface area (Å²) in [6.07, 6.45) is 7.07. The summed E-state index contributed by atoms with van der Waals surface area (Å²) in [5.74, 6) is 0. The lowest BCUT2D eigenvalue weighted by Crippen LogP contribution is -2.28. The number of aromatic nitrogens is 1. The number of pyridine rings is 1. The molecule has 1 unspecified atom stereocenters. The van der Waals surface area contributed by atoms with Gasteiger partial charge in [-0.2, -0.15) is 0 Å². The van der Waals surface area contributed by atoms with Crippen LogP contribution in [-0.4, -0.2) is 18.1 Å². The number of hydrogen-bond acceptors (Lipinski definition) is 2. The Kier molecular flexibility index (Phi) is 5.31. The van der Waals surface area contributed by atoms with Crippen molar-refractivity contribution >= 4 is 0 Å². The highest BCUT2D eigenvalue weighted by molar-refractivity contribution is 5.31. The Morgan fingerprint density at radius 1 is 1.10 bits per heavy atom. The number of benzene rings is 1. The van der Waals surface area contributed by atoms with E-state index in [0.29, 0.717) is 6.04 Å². The molecular weight excluding hydrogens is 244 g/mol. The maximum atomic E-state index is 4.07. The van der Waals surface area contributed by atoms with Crippen LogP contribution >= 0.6 is 0 Å². The van der Waals surface area contributed by atoms with E-state index in [1.165, 1.54) is 22.3 Å². The summed E-state index contributed by atoms with van der Waals surface area (Å²) in [6.45, 7) is 4.36. The van der Waals surface area contributed by atoms with Crippen LogP contribution in [0, 0.1) is 13.8 Å². The van der Waals surface area contributed by atoms with Crippen LogP contribution in [-0.2, 0) is 12.8 Å². The summed E-state index contributed by atoms with van der Waals surface area (Å²) in [6, 6.07) is 11.4. The fraction of sp³-hybridized carbons (Fsp3) is 0.389. The van der Waals surface area contributed by atoms with Crippen molar-refractivity contribution in [3.63, 3.8) is 0 Å². The second-order valence-electron chi connectivity index (χ2n) is 5.51. The molecule has 1 aromatic carbocycles. The van der Waals surface area contributed by atoms with Crippen LogP contribution < -0.4 is 5.32 Å². The zero-order chi connectivity index (χ0) is 14.4. The molecule has 1 heterocycles. The molecule has 2 rings (SSSR count). The molecule has 0 saturated heterocycles. The fourth-order valence-electron chi connectivity index (χ4n) is 2.52. The predicted octanol–water partition coefficient (Wildman–Crippen LogP) is 3.46. The van der Waals surface area contributed by atoms with E-state index < -0.39 is 0 Å². The molecule has 1 N–H and O–H groups in total. The quantitative estimate of drug-likeness (QED) is 0.868. The van der Waals surface area contributed by atoms with E-state index in [9.17, 15) is 0 Å². The van der Waals surface area contributed by atoms with Gasteiger partial charge >= 0.3 is 0 Å². The second kappa shape index (κ2) is 7.20. The maximum absolute atomic E-state index is 4.07. The van der Waals surface area contributed by atoms with Crippen molar-refractivity contribution in [2.75, 3.05) is 7.05 Å². The van der Waals surface area contributed by atoms with Crippen LogP contribution in [0.4, 0.5) is 0 Å². The van der Waals surface area contributed by atoms with E-state index in [-0.39, 0.29) is 0 Å². The highest BCUT2D eigenvalue weighted by Gasteiger charge is 2.09. The molecule has 0 radical (unpaired) electrons. The predicted molar refractivity (Wildman–Crippen MR) is 85.0 cm³/mol. The van der Waals surface area contributed by atoms with Crippen LogP contribution in [0.3, 0.4) is 0 Å². The van der Waals surface area contributed by atoms with Gasteiger partial charge in [-0.05, 0) is 69.0 Å². The molecule has 106 valence electrons. The molecule has 0 bridgehead atoms. The maximum Gasteiger partial charge on any atom is 0.0270 e. The Labute approximate surface area is 122 Å². The lowest BCUT2D eigenvalue weighted by molar-refractivity contribution is 0.519. The van der Waals surface area contributed by atoms with E-state index in [2.05, 4.69) is 61.5 Å². The minimum Gasteiger partial charge on any atom is -0.317 e. The molecule has 2 heteroatoms. The summed E-state index contributed by atoms with van der Waals surface area (Å²) in [5.41, 5.74) is 5.55. The number of hydrogen-bond donors (Lipinski definition) is 1. The van der Waals surface area contributed by atoms with E-state index in [1.54, 1.807) is 0 Å². The molecular formula is C18H24N2. The number of nitrogens with zero attached hydrogens (tertiary/aromatic N) is 1. The Hall–Kier alpha value is -1.67. The van der Waals surface area contributed by atoms with Gasteiger partial charge in [-0.15, -0.1) is 0 Å². The molecule has 0 amide bonds. The van der Waals surface area contributed by atoms with Crippen LogP contribution in [0.2, 0.25) is 0 Å². The average molecular weight is 268 g/mol. The molecule has 0 aliphatic rings. The van der Waals surface area contributed by atoms with Crippen LogP contribution in [0.15, 0.2) is 42.7 Å². The summed E-state index contributed by atoms with van der Waals surface area (Å²) in [5, 5.41) is 3.45. The molecule has 1 atom stereocenters. The lowest BCUT2D eigenvalue weighted by atomic mass is 9.95. The van der Waals surface area contributed by atoms with Gasteiger partial charge < -0.3 is 5.32 Å². The first kappa shape index (κ1) is 14.7. The van der Waals surface area contributed by atoms with E-state index in [0.717, 1.165) is 19.3 Å². The summed E-state index contributed by atoms with van der Waals surface area (Å²) in [7, 11) is 2.06. The van der Waals surface area contributed by atoms with Crippen LogP contribution in [0.5, 0.6) is 0 Å². The molecule has 0 fully saturated rings. The van der Waals surface area contributed by atoms with E-state index in [4.69, 9.17) is 0 Å². The van der Waals surface area contributed by atoms with Gasteiger partial charge in [-0.1, -0.05) is 23.8 Å². The number of aryl methyl sites for hydroxylation is 3. The SMILES string of the molecule is CNC(CCc1ccncc1)Cc1cc(C)ccc1C. The highest BCUT2D eigenvalue weighted by Crippen LogP contribution is 2.15. The molecule has 2 nitrogen and oxygen atoms in total. The highest BCUT2D eigenvalue weighted by atomic mass is 14.9. The molecule has 0 aliphatic carbocycles. The second-order valence-corrected chi connectivity index (χ2v) is 5.51. The van der Waals surface area contributed by atoms with Crippen molar-refractivity contribution in [1.29, 1.82) is 0 Å². The Morgan fingerprint density at radius 2 is 1.85 bits per heavy atom. The van der Waals surface area contributed by atoms with Crippen molar-refractivity contribution in [3.05, 3.63) is 65.0 Å². The first-order chi connectivity index (χ1) is 9.69. The van der Waals surface area contributed by atoms with Crippen molar-refractivity contribution in [1.82, 2.24) is 10.3 Å². The van der Waals surface area contributed by atoms with Gasteiger partial charge in [0.05, 0.1) is 0 Å². The molecule has 0 spiro atoms. The topological polar surface area (TPSA) is 24.9 Å². The Morgan fingerprint density at radius 3 is 2.55 bits per heavy atom. The van der Waals surface area contributed by atoms with Crippen LogP contribution in [0.25, 0.3) is 0 Å². The number of likely N-dealkylation sites (N-methyl/N-ethyl adjacent to an activating group) is 1. The van der Waals surface area contributed by atoms with E-state index in [1.807, 2.05) is 12.4 Å². The minimum absolute atomic E-state index is 0.517. The summed E-state index contributed by atoms with van der Waals surface area (Å²) in [4.78, 5) is 4.07. The first-order valence-corrected chi connectivity index (χ1v) is 7.31. The average Bonchev–Trinajstić information content (AvgIpc) is 2.48. The van der Waals surface area contributed by atoms with Gasteiger partial charge in [0.15, 0.2) is 0 Å². The summed E-state index contributed by atoms with van der Waals surface area (Å²) < 4.78 is 0. The molecule has 2 aromatic rings. The zero-order valence-corrected chi connectivity index (χ0v) is 12.7. The summed E-state index contributed by atoms with van der Waals surface area (Å²) >= 11 is 0. The molecule has 20 heavy (non-hydrogen) atoms. The van der Waals surface area contributed by atoms with Gasteiger partial charge in [0.1, 0.15) is 0 Å². The molecule has 0 saturated carbocycles. The minimum atomic E-state index is 0.517. The largest absolute Gasteiger partial charge is 0.317 e. The third-order valence-corrected chi connectivity index (χ3v) is 3.91. The van der Waals surface area contributed by atoms with Crippen molar-refractivity contribution in [2.45, 2.75) is 39.2 Å². The first-order valence-electron chi connectivity index (χ1n) is 7.31. The fourth-order valence-corrected chi connectivity index (χ4v) is 2.52. The normalized spacial score (nSPS) is 12.3. The number of rotatable bonds is 6. The van der Waals surface area contributed by atoms with Crippen molar-refractivity contribution in [2.24, 2.45) is 0 Å². The van der Waals surface area contributed by atoms with Crippen molar-refractivity contribution in [3.8, 4) is 0 Å². The van der Waals surface area contributed by atoms with Crippen LogP contribution in [0.1, 0.15) is 28.7 Å². The van der Waals surface area contributed by atoms with Gasteiger partial charge in [0.2, 0.25) is 0 Å². The van der Waals surface area contributed by atoms with Gasteiger partial charge in [0, 0.05) is 18.4 Å². The van der Waals surface area contributed by atoms with Crippen molar-refractivity contribution < 1.29 is 0 Å². The number of nitrogens with one attached hydrogen (secondary N) is 1. The standard InChI is InChI=1S/C18H24N2/c1-14-4-5-15(2)17(12-14)13-18(19-3)7-6-16-8-10-20-11-9-16/h4-5,8-12,18-19H,6-7,13H2,1-3H3. The Balaban J connectivity index is 1.97. The van der Waals surface area contributed by atoms with E-state index >= 15 is 0 Å². The monoisotopic (exact) mass is 268 g/mol. The van der Waals surface area contributed by atoms with Gasteiger partial charge in [-0.3, -0.25) is 4.98 Å². The Bertz CT molecular complexity index is 534. The third kappa shape index (κ3) is 4.17. The molecule has 1 aromatic heterocycles. The lowest BCUT2D eigenvalue weighted by Gasteiger charge is -2.18. The third-order valence-electron chi connectivity index (χ3n) is 3.91. The zero-order valence-electron chi connectivity index (χ0n) is 12.7. The van der Waals surface area contributed by atoms with Gasteiger partial charge in [-0.25, -0.2) is 0 Å². The smallest absolute Gasteiger partial charge is 0.0270 e.